The zero-order valence-corrected chi connectivity index (χ0v) is 23.8. The van der Waals surface area contributed by atoms with Gasteiger partial charge in [0, 0.05) is 61.1 Å². The molecule has 2 heterocycles. The molecule has 0 spiro atoms. The van der Waals surface area contributed by atoms with E-state index >= 15 is 0 Å². The van der Waals surface area contributed by atoms with Crippen LogP contribution in [0.15, 0.2) is 54.3 Å². The maximum atomic E-state index is 13.2. The first-order valence-corrected chi connectivity index (χ1v) is 14.2. The third-order valence-electron chi connectivity index (χ3n) is 6.56. The first-order chi connectivity index (χ1) is 18.3. The van der Waals surface area contributed by atoms with E-state index in [0.717, 1.165) is 37.2 Å². The topological polar surface area (TPSA) is 105 Å². The van der Waals surface area contributed by atoms with Crippen molar-refractivity contribution in [3.63, 3.8) is 0 Å². The number of non-ortho nitro benzene ring substituents is 1. The highest BCUT2D eigenvalue weighted by Crippen LogP contribution is 2.16. The number of hydrogen-bond acceptors (Lipinski definition) is 6. The third-order valence-corrected chi connectivity index (χ3v) is 7.90. The van der Waals surface area contributed by atoms with Crippen LogP contribution in [0.2, 0.25) is 0 Å². The Morgan fingerprint density at radius 2 is 2.03 bits per heavy atom. The van der Waals surface area contributed by atoms with Crippen molar-refractivity contribution < 1.29 is 9.72 Å². The zero-order valence-electron chi connectivity index (χ0n) is 22.1. The standard InChI is InChI=1S/C27H36N6O3S2/c1-4-20(3)25(18-31(27(37)29-5-2)13-12-24-7-6-14-38-24)30-26(34)15-23-16-28-19-32(23)17-21-8-10-22(11-9-21)33(35)36/h6-11,14,16,19-20,25H,4-5,12-13,15,17-18H2,1-3H3,(H,29,37)(H,30,34)/t20-,25+/m0/s1. The van der Waals surface area contributed by atoms with Gasteiger partial charge in [0.25, 0.3) is 5.69 Å². The maximum absolute atomic E-state index is 13.2. The predicted octanol–water partition coefficient (Wildman–Crippen LogP) is 4.41. The molecule has 9 nitrogen and oxygen atoms in total. The predicted molar refractivity (Wildman–Crippen MR) is 155 cm³/mol. The van der Waals surface area contributed by atoms with E-state index in [2.05, 4.69) is 51.9 Å². The molecule has 3 rings (SSSR count). The van der Waals surface area contributed by atoms with Crippen molar-refractivity contribution in [3.8, 4) is 0 Å². The molecule has 38 heavy (non-hydrogen) atoms. The van der Waals surface area contributed by atoms with Gasteiger partial charge in [0.2, 0.25) is 5.91 Å². The van der Waals surface area contributed by atoms with E-state index in [9.17, 15) is 14.9 Å². The van der Waals surface area contributed by atoms with Gasteiger partial charge in [-0.15, -0.1) is 11.3 Å². The van der Waals surface area contributed by atoms with Gasteiger partial charge in [-0.3, -0.25) is 14.9 Å². The van der Waals surface area contributed by atoms with Crippen LogP contribution in [0.4, 0.5) is 5.69 Å². The summed E-state index contributed by atoms with van der Waals surface area (Å²) in [6.07, 6.45) is 5.38. The number of carbonyl (C=O) groups excluding carboxylic acids is 1. The molecule has 0 aliphatic carbocycles. The van der Waals surface area contributed by atoms with Crippen LogP contribution in [-0.4, -0.2) is 56.1 Å². The van der Waals surface area contributed by atoms with Crippen LogP contribution < -0.4 is 10.6 Å². The fraction of sp³-hybridized carbons (Fsp3) is 0.444. The number of nitro benzene ring substituents is 1. The molecule has 2 atom stereocenters. The van der Waals surface area contributed by atoms with Crippen LogP contribution in [0.1, 0.15) is 43.3 Å². The fourth-order valence-electron chi connectivity index (χ4n) is 4.11. The Balaban J connectivity index is 1.65. The molecule has 0 aliphatic heterocycles. The average molecular weight is 557 g/mol. The highest BCUT2D eigenvalue weighted by molar-refractivity contribution is 7.80. The number of hydrogen-bond donors (Lipinski definition) is 2. The number of nitro groups is 1. The Bertz CT molecular complexity index is 1180. The number of nitrogens with zero attached hydrogens (tertiary/aromatic N) is 4. The second-order valence-electron chi connectivity index (χ2n) is 9.28. The lowest BCUT2D eigenvalue weighted by molar-refractivity contribution is -0.384. The van der Waals surface area contributed by atoms with Crippen LogP contribution in [0.5, 0.6) is 0 Å². The Kier molecular flexibility index (Phi) is 11.2. The lowest BCUT2D eigenvalue weighted by Crippen LogP contribution is -2.51. The minimum Gasteiger partial charge on any atom is -0.363 e. The third kappa shape index (κ3) is 8.63. The van der Waals surface area contributed by atoms with E-state index in [1.54, 1.807) is 36.0 Å². The van der Waals surface area contributed by atoms with Crippen molar-refractivity contribution >= 4 is 40.3 Å². The summed E-state index contributed by atoms with van der Waals surface area (Å²) in [5.41, 5.74) is 1.72. The first-order valence-electron chi connectivity index (χ1n) is 12.9. The van der Waals surface area contributed by atoms with Gasteiger partial charge < -0.3 is 20.1 Å². The van der Waals surface area contributed by atoms with Crippen LogP contribution in [0.3, 0.4) is 0 Å². The number of thiophene rings is 1. The average Bonchev–Trinajstić information content (AvgIpc) is 3.58. The number of nitrogens with one attached hydrogen (secondary N) is 2. The smallest absolute Gasteiger partial charge is 0.269 e. The van der Waals surface area contributed by atoms with Gasteiger partial charge in [-0.25, -0.2) is 4.98 Å². The van der Waals surface area contributed by atoms with Gasteiger partial charge in [0.1, 0.15) is 0 Å². The number of amides is 1. The number of thiocarbonyl (C=S) groups is 1. The Labute approximate surface area is 233 Å². The van der Waals surface area contributed by atoms with E-state index in [-0.39, 0.29) is 30.0 Å². The van der Waals surface area contributed by atoms with E-state index in [1.807, 2.05) is 11.5 Å². The van der Waals surface area contributed by atoms with Gasteiger partial charge in [0.15, 0.2) is 5.11 Å². The molecule has 0 aliphatic rings. The SMILES string of the molecule is CCNC(=S)N(CCc1cccs1)C[C@@H](NC(=O)Cc1cncn1Cc1ccc([N+](=O)[O-])cc1)[C@@H](C)CC. The van der Waals surface area contributed by atoms with Crippen LogP contribution >= 0.6 is 23.6 Å². The summed E-state index contributed by atoms with van der Waals surface area (Å²) in [5.74, 6) is 0.186. The summed E-state index contributed by atoms with van der Waals surface area (Å²) < 4.78 is 1.90. The lowest BCUT2D eigenvalue weighted by Gasteiger charge is -2.33. The normalized spacial score (nSPS) is 12.5. The van der Waals surface area contributed by atoms with Crippen LogP contribution in [0.25, 0.3) is 0 Å². The number of rotatable bonds is 14. The van der Waals surface area contributed by atoms with E-state index < -0.39 is 4.92 Å². The molecule has 0 bridgehead atoms. The van der Waals surface area contributed by atoms with Crippen molar-refractivity contribution in [2.45, 2.75) is 52.6 Å². The van der Waals surface area contributed by atoms with Crippen LogP contribution in [0, 0.1) is 16.0 Å². The summed E-state index contributed by atoms with van der Waals surface area (Å²) in [6.45, 7) is 8.92. The molecule has 0 saturated heterocycles. The van der Waals surface area contributed by atoms with Gasteiger partial charge in [-0.2, -0.15) is 0 Å². The van der Waals surface area contributed by atoms with Gasteiger partial charge in [-0.05, 0) is 48.5 Å². The summed E-state index contributed by atoms with van der Waals surface area (Å²) in [6, 6.07) is 10.5. The number of carbonyl (C=O) groups is 1. The summed E-state index contributed by atoms with van der Waals surface area (Å²) in [7, 11) is 0. The highest BCUT2D eigenvalue weighted by atomic mass is 32.1. The second kappa shape index (κ2) is 14.6. The molecule has 204 valence electrons. The van der Waals surface area contributed by atoms with Crippen molar-refractivity contribution in [1.82, 2.24) is 25.1 Å². The van der Waals surface area contributed by atoms with E-state index in [0.29, 0.717) is 18.2 Å². The minimum absolute atomic E-state index is 0.0492. The van der Waals surface area contributed by atoms with Gasteiger partial charge in [-0.1, -0.05) is 38.5 Å². The molecular formula is C27H36N6O3S2. The second-order valence-corrected chi connectivity index (χ2v) is 10.7. The molecule has 0 fully saturated rings. The van der Waals surface area contributed by atoms with Crippen molar-refractivity contribution in [1.29, 1.82) is 0 Å². The lowest BCUT2D eigenvalue weighted by atomic mass is 9.98. The Morgan fingerprint density at radius 3 is 2.66 bits per heavy atom. The maximum Gasteiger partial charge on any atom is 0.269 e. The molecule has 2 N–H and O–H groups in total. The molecule has 1 amide bonds. The molecule has 3 aromatic rings. The summed E-state index contributed by atoms with van der Waals surface area (Å²) in [5, 5.41) is 20.2. The molecule has 0 unspecified atom stereocenters. The Morgan fingerprint density at radius 1 is 1.26 bits per heavy atom. The molecule has 2 aromatic heterocycles. The zero-order chi connectivity index (χ0) is 27.5. The monoisotopic (exact) mass is 556 g/mol. The van der Waals surface area contributed by atoms with E-state index in [4.69, 9.17) is 12.2 Å². The largest absolute Gasteiger partial charge is 0.363 e. The molecule has 0 saturated carbocycles. The molecule has 1 aromatic carbocycles. The number of imidazole rings is 1. The van der Waals surface area contributed by atoms with Crippen molar-refractivity contribution in [2.75, 3.05) is 19.6 Å². The summed E-state index contributed by atoms with van der Waals surface area (Å²) >= 11 is 7.41. The fourth-order valence-corrected chi connectivity index (χ4v) is 5.12. The molecule has 0 radical (unpaired) electrons. The van der Waals surface area contributed by atoms with E-state index in [1.165, 1.54) is 17.0 Å². The van der Waals surface area contributed by atoms with Crippen molar-refractivity contribution in [3.05, 3.63) is 80.6 Å². The number of benzene rings is 1. The van der Waals surface area contributed by atoms with Crippen molar-refractivity contribution in [2.24, 2.45) is 5.92 Å². The van der Waals surface area contributed by atoms with Gasteiger partial charge >= 0.3 is 0 Å². The molecular weight excluding hydrogens is 520 g/mol. The van der Waals surface area contributed by atoms with Crippen LogP contribution in [-0.2, 0) is 24.2 Å². The number of aromatic nitrogens is 2. The van der Waals surface area contributed by atoms with Gasteiger partial charge in [0.05, 0.1) is 17.7 Å². The Hall–Kier alpha value is -3.31. The first kappa shape index (κ1) is 29.2. The minimum atomic E-state index is -0.418. The highest BCUT2D eigenvalue weighted by Gasteiger charge is 2.23. The summed E-state index contributed by atoms with van der Waals surface area (Å²) in [4.78, 5) is 31.4. The quantitative estimate of drug-likeness (QED) is 0.172. The molecule has 11 heteroatoms.